The summed E-state index contributed by atoms with van der Waals surface area (Å²) in [6.07, 6.45) is -5.88. The summed E-state index contributed by atoms with van der Waals surface area (Å²) >= 11 is 5.79. The maximum Gasteiger partial charge on any atom is 0.416 e. The van der Waals surface area contributed by atoms with E-state index in [2.05, 4.69) is 10.4 Å². The van der Waals surface area contributed by atoms with Crippen molar-refractivity contribution in [3.8, 4) is 5.69 Å². The first-order chi connectivity index (χ1) is 15.0. The van der Waals surface area contributed by atoms with Crippen LogP contribution in [0.25, 0.3) is 5.69 Å². The number of amides is 1. The zero-order valence-corrected chi connectivity index (χ0v) is 16.7. The second-order valence-electron chi connectivity index (χ2n) is 6.67. The zero-order valence-electron chi connectivity index (χ0n) is 15.9. The van der Waals surface area contributed by atoms with Crippen molar-refractivity contribution in [1.82, 2.24) is 15.1 Å². The summed E-state index contributed by atoms with van der Waals surface area (Å²) < 4.78 is 54.8. The van der Waals surface area contributed by atoms with Gasteiger partial charge in [0.1, 0.15) is 11.5 Å². The van der Waals surface area contributed by atoms with Gasteiger partial charge < -0.3 is 10.4 Å². The van der Waals surface area contributed by atoms with Crippen LogP contribution in [0.4, 0.5) is 17.6 Å². The van der Waals surface area contributed by atoms with E-state index >= 15 is 0 Å². The van der Waals surface area contributed by atoms with Crippen LogP contribution in [0.15, 0.2) is 53.3 Å². The van der Waals surface area contributed by atoms with Crippen LogP contribution in [-0.4, -0.2) is 26.8 Å². The minimum atomic E-state index is -4.92. The number of nitrogens with zero attached hydrogens (tertiary/aromatic N) is 1. The number of aromatic amines is 1. The maximum absolute atomic E-state index is 13.7. The number of H-pyrrole nitrogens is 1. The number of aliphatic carboxylic acids is 1. The Morgan fingerprint density at radius 1 is 1.12 bits per heavy atom. The average Bonchev–Trinajstić information content (AvgIpc) is 3.08. The molecule has 1 unspecified atom stereocenters. The molecule has 3 rings (SSSR count). The van der Waals surface area contributed by atoms with Crippen molar-refractivity contribution < 1.29 is 32.3 Å². The van der Waals surface area contributed by atoms with Gasteiger partial charge in [-0.05, 0) is 48.0 Å². The molecule has 12 heteroatoms. The fourth-order valence-corrected chi connectivity index (χ4v) is 3.15. The zero-order chi connectivity index (χ0) is 23.6. The van der Waals surface area contributed by atoms with Gasteiger partial charge >= 0.3 is 12.1 Å². The standard InChI is InChI=1S/C20H14ClF4N3O4/c21-10-1-4-12(5-2-10)28-17(29)8-16(27-28)19(32)26-15(9-18(30)31)13-7-11(22)3-6-14(13)20(23,24)25/h1-8,15,27H,9H2,(H,26,32)(H,30,31). The highest BCUT2D eigenvalue weighted by molar-refractivity contribution is 6.30. The largest absolute Gasteiger partial charge is 0.481 e. The molecule has 168 valence electrons. The number of carboxylic acids is 1. The third kappa shape index (κ3) is 5.17. The Kier molecular flexibility index (Phi) is 6.40. The number of hydrogen-bond donors (Lipinski definition) is 3. The number of halogens is 5. The number of benzene rings is 2. The van der Waals surface area contributed by atoms with Crippen molar-refractivity contribution in [3.05, 3.63) is 86.5 Å². The molecule has 0 aliphatic carbocycles. The minimum Gasteiger partial charge on any atom is -0.481 e. The smallest absolute Gasteiger partial charge is 0.416 e. The predicted molar refractivity (Wildman–Crippen MR) is 105 cm³/mol. The van der Waals surface area contributed by atoms with Crippen LogP contribution in [-0.2, 0) is 11.0 Å². The van der Waals surface area contributed by atoms with Gasteiger partial charge in [-0.25, -0.2) is 9.07 Å². The van der Waals surface area contributed by atoms with Crippen molar-refractivity contribution >= 4 is 23.5 Å². The van der Waals surface area contributed by atoms with Crippen LogP contribution in [0.2, 0.25) is 5.02 Å². The highest BCUT2D eigenvalue weighted by Crippen LogP contribution is 2.36. The number of carbonyl (C=O) groups excluding carboxylic acids is 1. The van der Waals surface area contributed by atoms with Crippen molar-refractivity contribution in [3.63, 3.8) is 0 Å². The topological polar surface area (TPSA) is 104 Å². The normalized spacial score (nSPS) is 12.4. The van der Waals surface area contributed by atoms with Crippen molar-refractivity contribution in [1.29, 1.82) is 0 Å². The number of hydrogen-bond acceptors (Lipinski definition) is 3. The van der Waals surface area contributed by atoms with E-state index in [1.807, 2.05) is 0 Å². The molecular weight excluding hydrogens is 458 g/mol. The molecule has 0 saturated heterocycles. The second kappa shape index (κ2) is 8.87. The van der Waals surface area contributed by atoms with E-state index in [0.29, 0.717) is 28.9 Å². The van der Waals surface area contributed by atoms with E-state index in [1.54, 1.807) is 0 Å². The SMILES string of the molecule is O=C(O)CC(NC(=O)c1cc(=O)n(-c2ccc(Cl)cc2)[nH]1)c1cc(F)ccc1C(F)(F)F. The van der Waals surface area contributed by atoms with Gasteiger partial charge in [-0.3, -0.25) is 19.5 Å². The molecule has 1 heterocycles. The number of rotatable bonds is 6. The van der Waals surface area contributed by atoms with Crippen LogP contribution in [0.5, 0.6) is 0 Å². The molecule has 0 fully saturated rings. The Morgan fingerprint density at radius 3 is 2.38 bits per heavy atom. The van der Waals surface area contributed by atoms with Gasteiger partial charge in [-0.15, -0.1) is 0 Å². The third-order valence-electron chi connectivity index (χ3n) is 4.43. The van der Waals surface area contributed by atoms with Gasteiger partial charge in [0.25, 0.3) is 11.5 Å². The number of nitrogens with one attached hydrogen (secondary N) is 2. The lowest BCUT2D eigenvalue weighted by atomic mass is 9.97. The van der Waals surface area contributed by atoms with Crippen LogP contribution in [0.1, 0.15) is 34.1 Å². The monoisotopic (exact) mass is 471 g/mol. The Morgan fingerprint density at radius 2 is 1.78 bits per heavy atom. The van der Waals surface area contributed by atoms with E-state index in [4.69, 9.17) is 16.7 Å². The van der Waals surface area contributed by atoms with E-state index in [9.17, 15) is 31.9 Å². The number of aromatic nitrogens is 2. The predicted octanol–water partition coefficient (Wildman–Crippen LogP) is 3.92. The summed E-state index contributed by atoms with van der Waals surface area (Å²) in [6.45, 7) is 0. The van der Waals surface area contributed by atoms with Gasteiger partial charge in [0.05, 0.1) is 23.7 Å². The van der Waals surface area contributed by atoms with Crippen LogP contribution >= 0.6 is 11.6 Å². The quantitative estimate of drug-likeness (QED) is 0.474. The first kappa shape index (κ1) is 23.1. The Bertz CT molecular complexity index is 1220. The summed E-state index contributed by atoms with van der Waals surface area (Å²) in [7, 11) is 0. The highest BCUT2D eigenvalue weighted by atomic mass is 35.5. The second-order valence-corrected chi connectivity index (χ2v) is 7.11. The van der Waals surface area contributed by atoms with Gasteiger partial charge in [0, 0.05) is 11.1 Å². The molecule has 0 saturated carbocycles. The maximum atomic E-state index is 13.7. The number of carbonyl (C=O) groups is 2. The van der Waals surface area contributed by atoms with Gasteiger partial charge in [0.2, 0.25) is 0 Å². The fourth-order valence-electron chi connectivity index (χ4n) is 3.02. The molecule has 0 aliphatic heterocycles. The molecule has 0 aliphatic rings. The van der Waals surface area contributed by atoms with Crippen LogP contribution in [0.3, 0.4) is 0 Å². The molecule has 32 heavy (non-hydrogen) atoms. The van der Waals surface area contributed by atoms with Crippen molar-refractivity contribution in [2.45, 2.75) is 18.6 Å². The fraction of sp³-hybridized carbons (Fsp3) is 0.150. The average molecular weight is 472 g/mol. The first-order valence-corrected chi connectivity index (χ1v) is 9.31. The molecule has 0 radical (unpaired) electrons. The molecule has 2 aromatic carbocycles. The van der Waals surface area contributed by atoms with Gasteiger partial charge in [0.15, 0.2) is 0 Å². The van der Waals surface area contributed by atoms with Gasteiger partial charge in [-0.1, -0.05) is 11.6 Å². The lowest BCUT2D eigenvalue weighted by molar-refractivity contribution is -0.140. The highest BCUT2D eigenvalue weighted by Gasteiger charge is 2.36. The summed E-state index contributed by atoms with van der Waals surface area (Å²) in [5.41, 5.74) is -2.73. The van der Waals surface area contributed by atoms with E-state index < -0.39 is 53.0 Å². The third-order valence-corrected chi connectivity index (χ3v) is 4.68. The summed E-state index contributed by atoms with van der Waals surface area (Å²) in [5, 5.41) is 14.1. The molecular formula is C20H14ClF4N3O4. The summed E-state index contributed by atoms with van der Waals surface area (Å²) in [6, 6.07) is 6.67. The van der Waals surface area contributed by atoms with E-state index in [0.717, 1.165) is 10.7 Å². The molecule has 3 aromatic rings. The lowest BCUT2D eigenvalue weighted by Crippen LogP contribution is -2.32. The van der Waals surface area contributed by atoms with Crippen LogP contribution < -0.4 is 10.9 Å². The molecule has 1 atom stereocenters. The molecule has 0 spiro atoms. The molecule has 3 N–H and O–H groups in total. The number of carboxylic acid groups (broad SMARTS) is 1. The first-order valence-electron chi connectivity index (χ1n) is 8.93. The van der Waals surface area contributed by atoms with Crippen LogP contribution in [0, 0.1) is 5.82 Å². The molecule has 1 amide bonds. The summed E-state index contributed by atoms with van der Waals surface area (Å²) in [5.74, 6) is -3.63. The minimum absolute atomic E-state index is 0.324. The molecule has 7 nitrogen and oxygen atoms in total. The van der Waals surface area contributed by atoms with Gasteiger partial charge in [-0.2, -0.15) is 13.2 Å². The lowest BCUT2D eigenvalue weighted by Gasteiger charge is -2.21. The van der Waals surface area contributed by atoms with E-state index in [1.165, 1.54) is 24.3 Å². The Labute approximate surface area is 182 Å². The van der Waals surface area contributed by atoms with Crippen molar-refractivity contribution in [2.24, 2.45) is 0 Å². The summed E-state index contributed by atoms with van der Waals surface area (Å²) in [4.78, 5) is 36.1. The van der Waals surface area contributed by atoms with E-state index in [-0.39, 0.29) is 5.69 Å². The Balaban J connectivity index is 1.96. The van der Waals surface area contributed by atoms with Crippen molar-refractivity contribution in [2.75, 3.05) is 0 Å². The molecule has 0 bridgehead atoms. The molecule has 1 aromatic heterocycles. The number of alkyl halides is 3. The Hall–Kier alpha value is -3.60.